The van der Waals surface area contributed by atoms with Gasteiger partial charge in [-0.25, -0.2) is 4.98 Å². The summed E-state index contributed by atoms with van der Waals surface area (Å²) >= 11 is 0. The minimum absolute atomic E-state index is 0.876. The molecule has 1 heterocycles. The van der Waals surface area contributed by atoms with E-state index < -0.39 is 0 Å². The Morgan fingerprint density at radius 1 is 1.36 bits per heavy atom. The molecule has 0 saturated carbocycles. The second kappa shape index (κ2) is 4.94. The average Bonchev–Trinajstić information content (AvgIpc) is 2.50. The van der Waals surface area contributed by atoms with Crippen LogP contribution in [0.4, 0.5) is 0 Å². The van der Waals surface area contributed by atoms with E-state index in [4.69, 9.17) is 4.42 Å². The van der Waals surface area contributed by atoms with Gasteiger partial charge in [-0.3, -0.25) is 0 Å². The molecule has 0 aromatic carbocycles. The maximum atomic E-state index is 5.10. The predicted molar refractivity (Wildman–Crippen MR) is 44.3 cm³/mol. The van der Waals surface area contributed by atoms with Crippen molar-refractivity contribution < 1.29 is 4.42 Å². The SMILES string of the molecule is CCCCCCc1ncco1. The Balaban J connectivity index is 2.04. The standard InChI is InChI=1S/C9H15NO/c1-2-3-4-5-6-9-10-7-8-11-9/h7-8H,2-6H2,1H3. The zero-order valence-corrected chi connectivity index (χ0v) is 7.05. The summed E-state index contributed by atoms with van der Waals surface area (Å²) in [7, 11) is 0. The zero-order chi connectivity index (χ0) is 7.94. The van der Waals surface area contributed by atoms with E-state index in [1.165, 1.54) is 25.7 Å². The molecule has 1 rings (SSSR count). The van der Waals surface area contributed by atoms with Gasteiger partial charge in [-0.15, -0.1) is 0 Å². The number of hydrogen-bond acceptors (Lipinski definition) is 2. The molecule has 0 spiro atoms. The molecule has 2 heteroatoms. The Labute approximate surface area is 67.6 Å². The predicted octanol–water partition coefficient (Wildman–Crippen LogP) is 2.80. The Morgan fingerprint density at radius 2 is 2.27 bits per heavy atom. The lowest BCUT2D eigenvalue weighted by Crippen LogP contribution is -1.84. The number of unbranched alkanes of at least 4 members (excludes halogenated alkanes) is 3. The van der Waals surface area contributed by atoms with Crippen molar-refractivity contribution in [2.45, 2.75) is 39.0 Å². The van der Waals surface area contributed by atoms with Crippen LogP contribution < -0.4 is 0 Å². The third-order valence-corrected chi connectivity index (χ3v) is 1.73. The molecule has 0 aliphatic carbocycles. The summed E-state index contributed by atoms with van der Waals surface area (Å²) in [5.74, 6) is 0.876. The molecule has 0 radical (unpaired) electrons. The van der Waals surface area contributed by atoms with Crippen LogP contribution >= 0.6 is 0 Å². The highest BCUT2D eigenvalue weighted by atomic mass is 16.3. The van der Waals surface area contributed by atoms with E-state index in [1.807, 2.05) is 0 Å². The van der Waals surface area contributed by atoms with Gasteiger partial charge in [-0.1, -0.05) is 26.2 Å². The first-order valence-electron chi connectivity index (χ1n) is 4.32. The highest BCUT2D eigenvalue weighted by Gasteiger charge is 1.95. The molecule has 2 nitrogen and oxygen atoms in total. The van der Waals surface area contributed by atoms with E-state index in [1.54, 1.807) is 12.5 Å². The van der Waals surface area contributed by atoms with Crippen molar-refractivity contribution in [3.05, 3.63) is 18.4 Å². The van der Waals surface area contributed by atoms with Gasteiger partial charge in [0.15, 0.2) is 5.89 Å². The van der Waals surface area contributed by atoms with Crippen molar-refractivity contribution in [1.82, 2.24) is 4.98 Å². The molecule has 0 aliphatic heterocycles. The van der Waals surface area contributed by atoms with E-state index in [0.717, 1.165) is 12.3 Å². The maximum absolute atomic E-state index is 5.10. The van der Waals surface area contributed by atoms with Crippen molar-refractivity contribution in [3.8, 4) is 0 Å². The fraction of sp³-hybridized carbons (Fsp3) is 0.667. The number of aromatic nitrogens is 1. The second-order valence-corrected chi connectivity index (χ2v) is 2.74. The molecule has 1 aromatic heterocycles. The number of oxazole rings is 1. The second-order valence-electron chi connectivity index (χ2n) is 2.74. The fourth-order valence-corrected chi connectivity index (χ4v) is 1.08. The molecule has 0 N–H and O–H groups in total. The summed E-state index contributed by atoms with van der Waals surface area (Å²) in [5.41, 5.74) is 0. The Hall–Kier alpha value is -0.790. The molecular weight excluding hydrogens is 138 g/mol. The van der Waals surface area contributed by atoms with Crippen molar-refractivity contribution >= 4 is 0 Å². The van der Waals surface area contributed by atoms with Crippen molar-refractivity contribution in [1.29, 1.82) is 0 Å². The summed E-state index contributed by atoms with van der Waals surface area (Å²) in [6, 6.07) is 0. The van der Waals surface area contributed by atoms with E-state index in [9.17, 15) is 0 Å². The smallest absolute Gasteiger partial charge is 0.193 e. The first-order chi connectivity index (χ1) is 5.43. The fourth-order valence-electron chi connectivity index (χ4n) is 1.08. The van der Waals surface area contributed by atoms with Crippen molar-refractivity contribution in [2.24, 2.45) is 0 Å². The molecule has 0 atom stereocenters. The molecule has 0 fully saturated rings. The molecule has 62 valence electrons. The van der Waals surface area contributed by atoms with Gasteiger partial charge in [0, 0.05) is 6.42 Å². The number of nitrogens with zero attached hydrogens (tertiary/aromatic N) is 1. The third kappa shape index (κ3) is 3.21. The van der Waals surface area contributed by atoms with Crippen LogP contribution in [0.15, 0.2) is 16.9 Å². The van der Waals surface area contributed by atoms with Gasteiger partial charge >= 0.3 is 0 Å². The molecular formula is C9H15NO. The Kier molecular flexibility index (Phi) is 3.73. The van der Waals surface area contributed by atoms with Gasteiger partial charge in [-0.05, 0) is 6.42 Å². The highest BCUT2D eigenvalue weighted by Crippen LogP contribution is 2.04. The van der Waals surface area contributed by atoms with Crippen LogP contribution in [0.1, 0.15) is 38.5 Å². The highest BCUT2D eigenvalue weighted by molar-refractivity contribution is 4.79. The normalized spacial score (nSPS) is 10.3. The van der Waals surface area contributed by atoms with E-state index in [0.29, 0.717) is 0 Å². The van der Waals surface area contributed by atoms with Crippen LogP contribution in [-0.2, 0) is 6.42 Å². The summed E-state index contributed by atoms with van der Waals surface area (Å²) in [6.45, 7) is 2.21. The van der Waals surface area contributed by atoms with Gasteiger partial charge in [-0.2, -0.15) is 0 Å². The van der Waals surface area contributed by atoms with E-state index >= 15 is 0 Å². The number of aryl methyl sites for hydroxylation is 1. The first-order valence-corrected chi connectivity index (χ1v) is 4.32. The topological polar surface area (TPSA) is 26.0 Å². The van der Waals surface area contributed by atoms with Gasteiger partial charge in [0.25, 0.3) is 0 Å². The van der Waals surface area contributed by atoms with Crippen LogP contribution in [0.25, 0.3) is 0 Å². The zero-order valence-electron chi connectivity index (χ0n) is 7.05. The number of hydrogen-bond donors (Lipinski definition) is 0. The molecule has 1 aromatic rings. The van der Waals surface area contributed by atoms with Crippen LogP contribution in [0.3, 0.4) is 0 Å². The van der Waals surface area contributed by atoms with Crippen LogP contribution in [0, 0.1) is 0 Å². The summed E-state index contributed by atoms with van der Waals surface area (Å²) in [5, 5.41) is 0. The number of rotatable bonds is 5. The first kappa shape index (κ1) is 8.31. The lowest BCUT2D eigenvalue weighted by molar-refractivity contribution is 0.480. The van der Waals surface area contributed by atoms with Crippen LogP contribution in [-0.4, -0.2) is 4.98 Å². The van der Waals surface area contributed by atoms with Gasteiger partial charge in [0.05, 0.1) is 6.20 Å². The summed E-state index contributed by atoms with van der Waals surface area (Å²) < 4.78 is 5.10. The Morgan fingerprint density at radius 3 is 2.91 bits per heavy atom. The lowest BCUT2D eigenvalue weighted by atomic mass is 10.1. The average molecular weight is 153 g/mol. The quantitative estimate of drug-likeness (QED) is 0.608. The van der Waals surface area contributed by atoms with E-state index in [2.05, 4.69) is 11.9 Å². The maximum Gasteiger partial charge on any atom is 0.193 e. The minimum atomic E-state index is 0.876. The monoisotopic (exact) mass is 153 g/mol. The van der Waals surface area contributed by atoms with Gasteiger partial charge < -0.3 is 4.42 Å². The molecule has 0 amide bonds. The Bertz CT molecular complexity index is 170. The summed E-state index contributed by atoms with van der Waals surface area (Å²) in [6.07, 6.45) is 9.43. The van der Waals surface area contributed by atoms with Crippen LogP contribution in [0.2, 0.25) is 0 Å². The van der Waals surface area contributed by atoms with Gasteiger partial charge in [0.2, 0.25) is 0 Å². The summed E-state index contributed by atoms with van der Waals surface area (Å²) in [4.78, 5) is 4.05. The third-order valence-electron chi connectivity index (χ3n) is 1.73. The minimum Gasteiger partial charge on any atom is -0.449 e. The van der Waals surface area contributed by atoms with Gasteiger partial charge in [0.1, 0.15) is 6.26 Å². The lowest BCUT2D eigenvalue weighted by Gasteiger charge is -1.94. The van der Waals surface area contributed by atoms with Crippen LogP contribution in [0.5, 0.6) is 0 Å². The van der Waals surface area contributed by atoms with Crippen molar-refractivity contribution in [3.63, 3.8) is 0 Å². The molecule has 0 saturated heterocycles. The molecule has 0 bridgehead atoms. The van der Waals surface area contributed by atoms with Crippen molar-refractivity contribution in [2.75, 3.05) is 0 Å². The van der Waals surface area contributed by atoms with E-state index in [-0.39, 0.29) is 0 Å². The molecule has 0 aliphatic rings. The molecule has 0 unspecified atom stereocenters. The largest absolute Gasteiger partial charge is 0.449 e. The molecule has 11 heavy (non-hydrogen) atoms.